The second-order valence-corrected chi connectivity index (χ2v) is 28.9. The first kappa shape index (κ1) is 76.3. The third-order valence-corrected chi connectivity index (χ3v) is 20.8. The number of hydrogen-bond acceptors (Lipinski definition) is 18. The van der Waals surface area contributed by atoms with Crippen molar-refractivity contribution in [2.45, 2.75) is 86.4 Å². The third kappa shape index (κ3) is 15.6. The number of nitrogens with zero attached hydrogens (tertiary/aromatic N) is 14. The molecule has 0 spiro atoms. The van der Waals surface area contributed by atoms with Gasteiger partial charge in [-0.2, -0.15) is 0 Å². The van der Waals surface area contributed by atoms with Crippen LogP contribution in [0, 0.1) is 51.7 Å². The molecule has 0 bridgehead atoms. The number of hydrogen-bond donors (Lipinski definition) is 1. The van der Waals surface area contributed by atoms with Gasteiger partial charge < -0.3 is 47.1 Å². The van der Waals surface area contributed by atoms with Crippen molar-refractivity contribution in [1.82, 2.24) is 64.1 Å². The Kier molecular flexibility index (Phi) is 21.6. The molecule has 0 aliphatic rings. The van der Waals surface area contributed by atoms with E-state index < -0.39 is 11.8 Å². The van der Waals surface area contributed by atoms with E-state index >= 15 is 0 Å². The second kappa shape index (κ2) is 33.2. The minimum atomic E-state index is -0.521. The number of fused-ring (bicyclic) bond motifs is 3. The molecule has 0 amide bonds. The van der Waals surface area contributed by atoms with E-state index in [4.69, 9.17) is 48.2 Å². The van der Waals surface area contributed by atoms with Crippen LogP contribution < -0.4 is 5.46 Å². The first-order valence-corrected chi connectivity index (χ1v) is 38.3. The minimum absolute atomic E-state index is 0.160. The van der Waals surface area contributed by atoms with Crippen LogP contribution in [-0.4, -0.2) is 93.0 Å². The van der Waals surface area contributed by atoms with Crippen molar-refractivity contribution in [1.29, 1.82) is 0 Å². The number of nitro groups is 1. The number of carbonyl (C=O) groups excluding carboxylic acids is 1. The molecule has 0 fully saturated rings. The molecule has 18 rings (SSSR count). The summed E-state index contributed by atoms with van der Waals surface area (Å²) in [4.78, 5) is 56.2. The quantitative estimate of drug-likeness (QED) is 0.0341. The van der Waals surface area contributed by atoms with Crippen molar-refractivity contribution in [3.8, 4) is 66.8 Å². The van der Waals surface area contributed by atoms with Crippen LogP contribution in [0.5, 0.6) is 0 Å². The maximum Gasteiger partial charge on any atom is 0.363 e. The molecule has 117 heavy (non-hydrogen) atoms. The molecule has 0 aliphatic heterocycles. The number of esters is 1. The van der Waals surface area contributed by atoms with Crippen LogP contribution >= 0.6 is 0 Å². The molecular weight excluding hydrogens is 1460 g/mol. The van der Waals surface area contributed by atoms with Crippen LogP contribution in [0.2, 0.25) is 6.82 Å². The summed E-state index contributed by atoms with van der Waals surface area (Å²) in [5.41, 5.74) is 26.1. The molecule has 22 nitrogen and oxygen atoms in total. The second-order valence-electron chi connectivity index (χ2n) is 28.9. The van der Waals surface area contributed by atoms with Gasteiger partial charge in [-0.05, 0) is 171 Å². The van der Waals surface area contributed by atoms with Gasteiger partial charge in [-0.25, -0.2) is 4.79 Å². The Hall–Kier alpha value is -14.7. The molecule has 13 heterocycles. The molecule has 13 aromatic heterocycles. The van der Waals surface area contributed by atoms with Gasteiger partial charge in [0, 0.05) is 117 Å². The number of aromatic nitrogens is 13. The Morgan fingerprint density at radius 2 is 0.752 bits per heavy atom. The van der Waals surface area contributed by atoms with Gasteiger partial charge >= 0.3 is 18.7 Å². The predicted octanol–water partition coefficient (Wildman–Crippen LogP) is 19.7. The number of rotatable bonds is 19. The Morgan fingerprint density at radius 3 is 1.05 bits per heavy atom. The molecule has 576 valence electrons. The van der Waals surface area contributed by atoms with Crippen LogP contribution in [0.4, 0.5) is 5.82 Å². The van der Waals surface area contributed by atoms with Crippen molar-refractivity contribution >= 4 is 57.3 Å². The van der Waals surface area contributed by atoms with Crippen molar-refractivity contribution in [2.75, 3.05) is 0 Å². The van der Waals surface area contributed by atoms with Gasteiger partial charge in [0.15, 0.2) is 0 Å². The highest BCUT2D eigenvalue weighted by Crippen LogP contribution is 2.43. The highest BCUT2D eigenvalue weighted by molar-refractivity contribution is 6.64. The van der Waals surface area contributed by atoms with E-state index in [-0.39, 0.29) is 36.0 Å². The number of pyridine rings is 7. The molecule has 5 aromatic carbocycles. The molecule has 0 radical (unpaired) electrons. The topological polar surface area (TPSA) is 273 Å². The van der Waals surface area contributed by atoms with E-state index in [1.165, 1.54) is 12.3 Å². The van der Waals surface area contributed by atoms with E-state index in [9.17, 15) is 19.9 Å². The van der Waals surface area contributed by atoms with Crippen LogP contribution in [0.15, 0.2) is 300 Å². The van der Waals surface area contributed by atoms with Gasteiger partial charge in [-0.15, -0.1) is 0 Å². The summed E-state index contributed by atoms with van der Waals surface area (Å²) in [6, 6.07) is 73.1. The van der Waals surface area contributed by atoms with Gasteiger partial charge in [0.05, 0.1) is 78.9 Å². The SMILES string of the molecule is CB(O)c1ccc(-c2cn([C@@H](c3ccccc3)c3ccccn3)c3cc(-c4c(C)noc4C)cnc23)cc1.Cc1noc(C)c1-c1cnc2c(-c3ccc(C(=O)OC(C)C)cc3)cn([C@@H](c3ccccc3)c3ccccn3)c2c1.Cc1noc(C)c1-c1cnc2c(-c3ccc([N+](=O)[O-])nc3)cn([C@@H](c3ccccc3)c3ccccn3)c2c1. The molecule has 3 atom stereocenters. The summed E-state index contributed by atoms with van der Waals surface area (Å²) >= 11 is 0. The van der Waals surface area contributed by atoms with E-state index in [1.807, 2.05) is 214 Å². The lowest BCUT2D eigenvalue weighted by molar-refractivity contribution is -0.389. The molecule has 0 saturated heterocycles. The van der Waals surface area contributed by atoms with E-state index in [0.29, 0.717) is 11.3 Å². The van der Waals surface area contributed by atoms with Crippen LogP contribution in [0.1, 0.15) is 110 Å². The molecule has 0 saturated carbocycles. The molecular formula is C94H79BN14O8. The fraction of sp³-hybridized carbons (Fsp3) is 0.138. The van der Waals surface area contributed by atoms with Crippen molar-refractivity contribution in [3.63, 3.8) is 0 Å². The lowest BCUT2D eigenvalue weighted by atomic mass is 9.64. The molecule has 1 N–H and O–H groups in total. The largest absolute Gasteiger partial charge is 0.459 e. The van der Waals surface area contributed by atoms with E-state index in [1.54, 1.807) is 37.4 Å². The number of carbonyl (C=O) groups is 1. The molecule has 0 aliphatic carbocycles. The maximum absolute atomic E-state index is 12.5. The summed E-state index contributed by atoms with van der Waals surface area (Å²) in [7, 11) is 0. The van der Waals surface area contributed by atoms with E-state index in [0.717, 1.165) is 168 Å². The predicted molar refractivity (Wildman–Crippen MR) is 453 cm³/mol. The van der Waals surface area contributed by atoms with Gasteiger partial charge in [-0.1, -0.05) is 168 Å². The van der Waals surface area contributed by atoms with Crippen molar-refractivity contribution < 1.29 is 33.0 Å². The summed E-state index contributed by atoms with van der Waals surface area (Å²) < 4.78 is 28.4. The lowest BCUT2D eigenvalue weighted by Crippen LogP contribution is -2.25. The maximum atomic E-state index is 12.5. The highest BCUT2D eigenvalue weighted by Gasteiger charge is 2.29. The van der Waals surface area contributed by atoms with Crippen LogP contribution in [0.3, 0.4) is 0 Å². The molecule has 23 heteroatoms. The standard InChI is InChI=1S/C34H30N4O3.C31H27BN4O2.C29H22N6O3/c1-21(2)40-34(39)26-15-13-24(14-16-26)28-20-38(33(25-10-6-5-7-11-25)29-12-8-9-17-35-29)30-18-27(19-36-32(28)30)31-22(3)37-41-23(31)4;1-20-29(21(2)38-35-20)24-17-28-30(34-18-24)26(22-12-14-25(15-13-22)32(3)37)19-36(28)31(23-9-5-4-6-10-23)27-11-7-8-16-33-27;1-18-27(19(2)38-33-18)22-14-25-28(32-16-22)23(21-11-12-26(31-15-21)35(36)37)17-34(25)29(20-8-4-3-5-9-20)24-10-6-7-13-30-24/h5-21,33H,1-4H3;4-19,31,37H,1-3H3;3-17,29H,1-2H3/t33-;31-;29-/m000/s1. The Balaban J connectivity index is 0.000000132. The average molecular weight is 1540 g/mol. The zero-order valence-corrected chi connectivity index (χ0v) is 65.6. The highest BCUT2D eigenvalue weighted by atomic mass is 16.6. The van der Waals surface area contributed by atoms with Crippen LogP contribution in [0.25, 0.3) is 99.9 Å². The Morgan fingerprint density at radius 1 is 0.419 bits per heavy atom. The van der Waals surface area contributed by atoms with Crippen LogP contribution in [-0.2, 0) is 4.74 Å². The fourth-order valence-electron chi connectivity index (χ4n) is 15.4. The van der Waals surface area contributed by atoms with Gasteiger partial charge in [0.25, 0.3) is 0 Å². The normalized spacial score (nSPS) is 12.1. The third-order valence-electron chi connectivity index (χ3n) is 20.8. The van der Waals surface area contributed by atoms with Gasteiger partial charge in [-0.3, -0.25) is 29.9 Å². The molecule has 0 unspecified atom stereocenters. The van der Waals surface area contributed by atoms with E-state index in [2.05, 4.69) is 119 Å². The first-order chi connectivity index (χ1) is 56.9. The number of aryl methyl sites for hydroxylation is 6. The van der Waals surface area contributed by atoms with Gasteiger partial charge in [0.1, 0.15) is 41.6 Å². The number of ether oxygens (including phenoxy) is 1. The Bertz CT molecular complexity index is 6380. The summed E-state index contributed by atoms with van der Waals surface area (Å²) in [6.07, 6.45) is 18.6. The van der Waals surface area contributed by atoms with Crippen molar-refractivity contribution in [2.24, 2.45) is 0 Å². The molecule has 18 aromatic rings. The summed E-state index contributed by atoms with van der Waals surface area (Å²) in [5.74, 6) is 1.68. The average Bonchev–Trinajstić information content (AvgIpc) is 1.62. The van der Waals surface area contributed by atoms with Crippen molar-refractivity contribution in [3.05, 3.63) is 370 Å². The first-order valence-electron chi connectivity index (χ1n) is 38.3. The lowest BCUT2D eigenvalue weighted by Gasteiger charge is -2.20. The fourth-order valence-corrected chi connectivity index (χ4v) is 15.4. The van der Waals surface area contributed by atoms with Gasteiger partial charge in [0.2, 0.25) is 0 Å². The smallest absolute Gasteiger partial charge is 0.363 e. The minimum Gasteiger partial charge on any atom is -0.459 e. The summed E-state index contributed by atoms with van der Waals surface area (Å²) in [5, 5.41) is 33.6. The zero-order chi connectivity index (χ0) is 81.0. The zero-order valence-electron chi connectivity index (χ0n) is 65.6. The monoisotopic (exact) mass is 1540 g/mol. The Labute approximate surface area is 674 Å². The summed E-state index contributed by atoms with van der Waals surface area (Å²) in [6.45, 7) is 16.5. The number of benzene rings is 5.